The van der Waals surface area contributed by atoms with Gasteiger partial charge in [0.25, 0.3) is 5.91 Å². The molecule has 0 unspecified atom stereocenters. The highest BCUT2D eigenvalue weighted by Crippen LogP contribution is 2.28. The van der Waals surface area contributed by atoms with Crippen LogP contribution in [0.4, 0.5) is 0 Å². The van der Waals surface area contributed by atoms with Gasteiger partial charge in [-0.15, -0.1) is 11.3 Å². The lowest BCUT2D eigenvalue weighted by Gasteiger charge is -2.17. The Bertz CT molecular complexity index is 1100. The van der Waals surface area contributed by atoms with E-state index < -0.39 is 0 Å². The molecular weight excluding hydrogens is 342 g/mol. The van der Waals surface area contributed by atoms with Gasteiger partial charge in [0.1, 0.15) is 0 Å². The van der Waals surface area contributed by atoms with Gasteiger partial charge in [-0.2, -0.15) is 0 Å². The van der Waals surface area contributed by atoms with E-state index in [9.17, 15) is 4.79 Å². The number of aryl methyl sites for hydroxylation is 1. The zero-order valence-corrected chi connectivity index (χ0v) is 15.6. The molecule has 0 saturated heterocycles. The second kappa shape index (κ2) is 6.84. The minimum Gasteiger partial charge on any atom is -0.336 e. The summed E-state index contributed by atoms with van der Waals surface area (Å²) in [6, 6.07) is 14.0. The average molecular weight is 361 g/mol. The normalized spacial score (nSPS) is 11.2. The molecule has 130 valence electrons. The molecule has 0 bridgehead atoms. The molecule has 2 heterocycles. The standard InChI is InChI=1S/C21H19N3OS/c1-3-19-23-15(13-26-19)12-24(2)21(25)18-11-14-7-4-5-8-16(14)17-9-6-10-22-20(17)18/h4-11,13H,3,12H2,1-2H3. The molecule has 2 aromatic heterocycles. The molecule has 0 aliphatic heterocycles. The van der Waals surface area contributed by atoms with Gasteiger partial charge in [0, 0.05) is 24.0 Å². The molecule has 0 atom stereocenters. The fourth-order valence-electron chi connectivity index (χ4n) is 3.20. The lowest BCUT2D eigenvalue weighted by molar-refractivity contribution is 0.0785. The number of nitrogens with zero attached hydrogens (tertiary/aromatic N) is 3. The van der Waals surface area contributed by atoms with Gasteiger partial charge in [0.05, 0.1) is 28.3 Å². The van der Waals surface area contributed by atoms with E-state index in [0.29, 0.717) is 12.1 Å². The van der Waals surface area contributed by atoms with E-state index in [1.165, 1.54) is 0 Å². The van der Waals surface area contributed by atoms with Crippen molar-refractivity contribution in [3.8, 4) is 0 Å². The van der Waals surface area contributed by atoms with E-state index in [4.69, 9.17) is 0 Å². The maximum absolute atomic E-state index is 13.1. The minimum absolute atomic E-state index is 0.0366. The number of rotatable bonds is 4. The van der Waals surface area contributed by atoms with Crippen LogP contribution in [0.15, 0.2) is 54.0 Å². The lowest BCUT2D eigenvalue weighted by atomic mass is 10.00. The summed E-state index contributed by atoms with van der Waals surface area (Å²) in [4.78, 5) is 23.9. The number of amides is 1. The highest BCUT2D eigenvalue weighted by atomic mass is 32.1. The third kappa shape index (κ3) is 2.95. The van der Waals surface area contributed by atoms with Crippen LogP contribution in [0.5, 0.6) is 0 Å². The van der Waals surface area contributed by atoms with Crippen LogP contribution in [-0.2, 0) is 13.0 Å². The third-order valence-corrected chi connectivity index (χ3v) is 5.53. The van der Waals surface area contributed by atoms with Gasteiger partial charge in [-0.25, -0.2) is 4.98 Å². The first-order valence-corrected chi connectivity index (χ1v) is 9.50. The van der Waals surface area contributed by atoms with Gasteiger partial charge in [-0.1, -0.05) is 37.3 Å². The van der Waals surface area contributed by atoms with Gasteiger partial charge in [-0.3, -0.25) is 9.78 Å². The number of hydrogen-bond donors (Lipinski definition) is 0. The molecule has 0 spiro atoms. The van der Waals surface area contributed by atoms with Crippen molar-refractivity contribution in [2.24, 2.45) is 0 Å². The second-order valence-corrected chi connectivity index (χ2v) is 7.23. The Morgan fingerprint density at radius 1 is 1.15 bits per heavy atom. The van der Waals surface area contributed by atoms with Gasteiger partial charge in [0.2, 0.25) is 0 Å². The Morgan fingerprint density at radius 3 is 2.77 bits per heavy atom. The first kappa shape index (κ1) is 16.7. The van der Waals surface area contributed by atoms with Crippen molar-refractivity contribution in [3.63, 3.8) is 0 Å². The van der Waals surface area contributed by atoms with Crippen molar-refractivity contribution in [1.82, 2.24) is 14.9 Å². The number of carbonyl (C=O) groups excluding carboxylic acids is 1. The van der Waals surface area contributed by atoms with Gasteiger partial charge in [-0.05, 0) is 29.3 Å². The number of pyridine rings is 1. The van der Waals surface area contributed by atoms with E-state index in [1.54, 1.807) is 22.4 Å². The highest BCUT2D eigenvalue weighted by Gasteiger charge is 2.18. The summed E-state index contributed by atoms with van der Waals surface area (Å²) < 4.78 is 0. The zero-order chi connectivity index (χ0) is 18.1. The first-order chi connectivity index (χ1) is 12.7. The Hall–Kier alpha value is -2.79. The van der Waals surface area contributed by atoms with E-state index in [1.807, 2.05) is 48.8 Å². The number of fused-ring (bicyclic) bond motifs is 3. The summed E-state index contributed by atoms with van der Waals surface area (Å²) in [6.07, 6.45) is 2.66. The summed E-state index contributed by atoms with van der Waals surface area (Å²) in [5.74, 6) is -0.0366. The van der Waals surface area contributed by atoms with E-state index >= 15 is 0 Å². The molecule has 1 amide bonds. The van der Waals surface area contributed by atoms with Crippen LogP contribution >= 0.6 is 11.3 Å². The molecular formula is C21H19N3OS. The maximum Gasteiger partial charge on any atom is 0.256 e. The number of carbonyl (C=O) groups is 1. The Balaban J connectivity index is 1.75. The van der Waals surface area contributed by atoms with Crippen LogP contribution in [-0.4, -0.2) is 27.8 Å². The van der Waals surface area contributed by atoms with Crippen LogP contribution < -0.4 is 0 Å². The van der Waals surface area contributed by atoms with Crippen LogP contribution in [0, 0.1) is 0 Å². The average Bonchev–Trinajstić information content (AvgIpc) is 3.14. The van der Waals surface area contributed by atoms with Gasteiger partial charge in [0.15, 0.2) is 0 Å². The summed E-state index contributed by atoms with van der Waals surface area (Å²) in [6.45, 7) is 2.58. The molecule has 0 aliphatic rings. The smallest absolute Gasteiger partial charge is 0.256 e. The second-order valence-electron chi connectivity index (χ2n) is 6.29. The largest absolute Gasteiger partial charge is 0.336 e. The van der Waals surface area contributed by atoms with E-state index in [-0.39, 0.29) is 5.91 Å². The number of aromatic nitrogens is 2. The Morgan fingerprint density at radius 2 is 1.96 bits per heavy atom. The summed E-state index contributed by atoms with van der Waals surface area (Å²) in [5.41, 5.74) is 2.31. The Kier molecular flexibility index (Phi) is 4.39. The maximum atomic E-state index is 13.1. The van der Waals surface area contributed by atoms with Crippen LogP contribution in [0.3, 0.4) is 0 Å². The Labute approximate surface area is 156 Å². The van der Waals surface area contributed by atoms with Gasteiger partial charge < -0.3 is 4.90 Å². The number of thiazole rings is 1. The number of benzene rings is 2. The molecule has 0 aliphatic carbocycles. The van der Waals surface area contributed by atoms with Crippen molar-refractivity contribution in [2.45, 2.75) is 19.9 Å². The van der Waals surface area contributed by atoms with E-state index in [2.05, 4.69) is 23.0 Å². The minimum atomic E-state index is -0.0366. The quantitative estimate of drug-likeness (QED) is 0.496. The van der Waals surface area contributed by atoms with Crippen molar-refractivity contribution < 1.29 is 4.79 Å². The summed E-state index contributed by atoms with van der Waals surface area (Å²) >= 11 is 1.64. The van der Waals surface area contributed by atoms with Crippen molar-refractivity contribution in [1.29, 1.82) is 0 Å². The predicted octanol–water partition coefficient (Wildman–Crippen LogP) is 4.68. The number of hydrogen-bond acceptors (Lipinski definition) is 4. The fourth-order valence-corrected chi connectivity index (χ4v) is 3.93. The van der Waals surface area contributed by atoms with Crippen LogP contribution in [0.2, 0.25) is 0 Å². The summed E-state index contributed by atoms with van der Waals surface area (Å²) in [7, 11) is 1.82. The molecule has 2 aromatic carbocycles. The molecule has 26 heavy (non-hydrogen) atoms. The predicted molar refractivity (Wildman–Crippen MR) is 107 cm³/mol. The van der Waals surface area contributed by atoms with Crippen molar-refractivity contribution in [2.75, 3.05) is 7.05 Å². The van der Waals surface area contributed by atoms with Gasteiger partial charge >= 0.3 is 0 Å². The van der Waals surface area contributed by atoms with Crippen molar-refractivity contribution >= 4 is 38.9 Å². The van der Waals surface area contributed by atoms with Crippen molar-refractivity contribution in [3.05, 3.63) is 70.3 Å². The SMILES string of the molecule is CCc1nc(CN(C)C(=O)c2cc3ccccc3c3cccnc23)cs1. The first-order valence-electron chi connectivity index (χ1n) is 8.62. The zero-order valence-electron chi connectivity index (χ0n) is 14.8. The molecule has 4 aromatic rings. The fraction of sp³-hybridized carbons (Fsp3) is 0.190. The molecule has 0 N–H and O–H groups in total. The molecule has 0 saturated carbocycles. The molecule has 4 rings (SSSR count). The van der Waals surface area contributed by atoms with E-state index in [0.717, 1.165) is 38.8 Å². The summed E-state index contributed by atoms with van der Waals surface area (Å²) in [5, 5.41) is 6.29. The molecule has 4 nitrogen and oxygen atoms in total. The lowest BCUT2D eigenvalue weighted by Crippen LogP contribution is -2.26. The molecule has 0 radical (unpaired) electrons. The monoisotopic (exact) mass is 361 g/mol. The molecule has 5 heteroatoms. The highest BCUT2D eigenvalue weighted by molar-refractivity contribution is 7.09. The van der Waals surface area contributed by atoms with Crippen LogP contribution in [0.1, 0.15) is 28.0 Å². The molecule has 0 fully saturated rings. The third-order valence-electron chi connectivity index (χ3n) is 4.49. The topological polar surface area (TPSA) is 46.1 Å². The van der Waals surface area contributed by atoms with Crippen LogP contribution in [0.25, 0.3) is 21.7 Å².